The molecule has 1 aliphatic carbocycles. The highest BCUT2D eigenvalue weighted by atomic mass is 127. The van der Waals surface area contributed by atoms with Gasteiger partial charge in [-0.1, -0.05) is 27.7 Å². The summed E-state index contributed by atoms with van der Waals surface area (Å²) in [6, 6.07) is 0.971. The molecule has 7 heteroatoms. The lowest BCUT2D eigenvalue weighted by Gasteiger charge is -2.55. The molecule has 0 aromatic heterocycles. The van der Waals surface area contributed by atoms with Crippen LogP contribution in [0, 0.1) is 11.3 Å². The van der Waals surface area contributed by atoms with Gasteiger partial charge in [0.25, 0.3) is 0 Å². The van der Waals surface area contributed by atoms with Gasteiger partial charge in [-0.15, -0.1) is 24.0 Å². The van der Waals surface area contributed by atoms with Crippen LogP contribution in [-0.2, 0) is 4.74 Å². The normalized spacial score (nSPS) is 26.6. The van der Waals surface area contributed by atoms with Gasteiger partial charge in [-0.25, -0.2) is 0 Å². The molecule has 1 saturated heterocycles. The first-order valence-corrected chi connectivity index (χ1v) is 11.4. The van der Waals surface area contributed by atoms with Crippen LogP contribution in [0.15, 0.2) is 4.99 Å². The second kappa shape index (κ2) is 12.7. The highest BCUT2D eigenvalue weighted by Crippen LogP contribution is 2.48. The maximum absolute atomic E-state index is 6.03. The van der Waals surface area contributed by atoms with E-state index < -0.39 is 0 Å². The summed E-state index contributed by atoms with van der Waals surface area (Å²) in [7, 11) is 4.10. The Labute approximate surface area is 196 Å². The molecule has 29 heavy (non-hydrogen) atoms. The van der Waals surface area contributed by atoms with Gasteiger partial charge in [0.1, 0.15) is 0 Å². The van der Waals surface area contributed by atoms with Crippen LogP contribution >= 0.6 is 24.0 Å². The standard InChI is InChI=1S/C22H45N5O.HI/c1-8-22(9-2)19(15-20(22)28-10-3)25-21(23-6)24-16-18(17(4)5)27-13-11-26(7)12-14-27;/h17-20H,8-16H2,1-7H3,(H2,23,24,25);1H. The van der Waals surface area contributed by atoms with Gasteiger partial charge in [0.05, 0.1) is 6.10 Å². The van der Waals surface area contributed by atoms with Crippen LogP contribution < -0.4 is 10.6 Å². The first kappa shape index (κ1) is 26.9. The summed E-state index contributed by atoms with van der Waals surface area (Å²) in [5.74, 6) is 1.55. The van der Waals surface area contributed by atoms with E-state index in [1.807, 2.05) is 7.05 Å². The number of aliphatic imine (C=N–C) groups is 1. The van der Waals surface area contributed by atoms with Crippen molar-refractivity contribution in [2.24, 2.45) is 16.3 Å². The Morgan fingerprint density at radius 1 is 1.14 bits per heavy atom. The Kier molecular flexibility index (Phi) is 11.8. The molecule has 0 aromatic rings. The van der Waals surface area contributed by atoms with E-state index in [1.54, 1.807) is 0 Å². The third-order valence-electron chi connectivity index (χ3n) is 7.26. The van der Waals surface area contributed by atoms with Crippen molar-refractivity contribution >= 4 is 29.9 Å². The van der Waals surface area contributed by atoms with Crippen molar-refractivity contribution in [3.63, 3.8) is 0 Å². The Morgan fingerprint density at radius 2 is 1.76 bits per heavy atom. The van der Waals surface area contributed by atoms with E-state index in [-0.39, 0.29) is 29.4 Å². The summed E-state index contributed by atoms with van der Waals surface area (Å²) in [4.78, 5) is 9.59. The quantitative estimate of drug-likeness (QED) is 0.277. The van der Waals surface area contributed by atoms with Crippen LogP contribution in [0.4, 0.5) is 0 Å². The molecule has 2 aliphatic rings. The summed E-state index contributed by atoms with van der Waals surface area (Å²) in [6.45, 7) is 17.7. The minimum absolute atomic E-state index is 0. The molecule has 0 aromatic carbocycles. The predicted molar refractivity (Wildman–Crippen MR) is 134 cm³/mol. The van der Waals surface area contributed by atoms with Crippen molar-refractivity contribution < 1.29 is 4.74 Å². The molecule has 1 heterocycles. The molecule has 3 unspecified atom stereocenters. The molecule has 0 radical (unpaired) electrons. The Hall–Kier alpha value is -0.120. The van der Waals surface area contributed by atoms with Crippen LogP contribution in [0.2, 0.25) is 0 Å². The van der Waals surface area contributed by atoms with Crippen molar-refractivity contribution in [2.45, 2.75) is 72.1 Å². The Balaban J connectivity index is 0.00000420. The van der Waals surface area contributed by atoms with Crippen LogP contribution in [0.3, 0.4) is 0 Å². The minimum atomic E-state index is 0. The van der Waals surface area contributed by atoms with Crippen molar-refractivity contribution in [1.29, 1.82) is 0 Å². The summed E-state index contributed by atoms with van der Waals surface area (Å²) in [5, 5.41) is 7.35. The summed E-state index contributed by atoms with van der Waals surface area (Å²) >= 11 is 0. The Morgan fingerprint density at radius 3 is 2.24 bits per heavy atom. The summed E-state index contributed by atoms with van der Waals surface area (Å²) in [5.41, 5.74) is 0.225. The first-order chi connectivity index (χ1) is 13.4. The lowest BCUT2D eigenvalue weighted by Crippen LogP contribution is -2.66. The smallest absolute Gasteiger partial charge is 0.191 e. The zero-order valence-corrected chi connectivity index (χ0v) is 22.2. The van der Waals surface area contributed by atoms with Crippen LogP contribution in [0.5, 0.6) is 0 Å². The molecule has 172 valence electrons. The number of piperazine rings is 1. The second-order valence-corrected chi connectivity index (χ2v) is 8.92. The molecular weight excluding hydrogens is 477 g/mol. The van der Waals surface area contributed by atoms with Gasteiger partial charge in [-0.2, -0.15) is 0 Å². The number of nitrogens with zero attached hydrogens (tertiary/aromatic N) is 3. The predicted octanol–water partition coefficient (Wildman–Crippen LogP) is 3.03. The topological polar surface area (TPSA) is 52.1 Å². The van der Waals surface area contributed by atoms with E-state index in [4.69, 9.17) is 4.74 Å². The first-order valence-electron chi connectivity index (χ1n) is 11.4. The minimum Gasteiger partial charge on any atom is -0.378 e. The lowest BCUT2D eigenvalue weighted by molar-refractivity contribution is -0.133. The SMILES string of the molecule is CCOC1CC(NC(=NC)NCC(C(C)C)N2CCN(C)CC2)C1(CC)CC.I. The number of hydrogen-bond acceptors (Lipinski definition) is 4. The zero-order valence-electron chi connectivity index (χ0n) is 19.8. The molecule has 0 spiro atoms. The third kappa shape index (κ3) is 6.43. The number of nitrogens with one attached hydrogen (secondary N) is 2. The van der Waals surface area contributed by atoms with E-state index in [0.29, 0.717) is 24.1 Å². The average molecular weight is 524 g/mol. The van der Waals surface area contributed by atoms with Gasteiger partial charge in [0.15, 0.2) is 5.96 Å². The van der Waals surface area contributed by atoms with Gasteiger partial charge in [0, 0.05) is 63.9 Å². The maximum Gasteiger partial charge on any atom is 0.191 e. The molecular formula is C22H46IN5O. The lowest BCUT2D eigenvalue weighted by atomic mass is 9.58. The molecule has 2 rings (SSSR count). The van der Waals surface area contributed by atoms with E-state index in [1.165, 1.54) is 0 Å². The van der Waals surface area contributed by atoms with Gasteiger partial charge >= 0.3 is 0 Å². The fourth-order valence-corrected chi connectivity index (χ4v) is 5.08. The fourth-order valence-electron chi connectivity index (χ4n) is 5.08. The van der Waals surface area contributed by atoms with Gasteiger partial charge < -0.3 is 20.3 Å². The number of hydrogen-bond donors (Lipinski definition) is 2. The highest BCUT2D eigenvalue weighted by Gasteiger charge is 2.53. The monoisotopic (exact) mass is 523 g/mol. The maximum atomic E-state index is 6.03. The average Bonchev–Trinajstić information content (AvgIpc) is 2.68. The number of rotatable bonds is 9. The number of halogens is 1. The molecule has 0 bridgehead atoms. The van der Waals surface area contributed by atoms with E-state index in [2.05, 4.69) is 67.1 Å². The van der Waals surface area contributed by atoms with Gasteiger partial charge in [-0.3, -0.25) is 9.89 Å². The molecule has 2 fully saturated rings. The molecule has 6 nitrogen and oxygen atoms in total. The van der Waals surface area contributed by atoms with Gasteiger partial charge in [-0.05, 0) is 39.2 Å². The molecule has 2 N–H and O–H groups in total. The largest absolute Gasteiger partial charge is 0.378 e. The van der Waals surface area contributed by atoms with Crippen LogP contribution in [0.25, 0.3) is 0 Å². The van der Waals surface area contributed by atoms with Crippen molar-refractivity contribution in [1.82, 2.24) is 20.4 Å². The number of likely N-dealkylation sites (N-methyl/N-ethyl adjacent to an activating group) is 1. The van der Waals surface area contributed by atoms with Crippen LogP contribution in [-0.4, -0.2) is 87.4 Å². The van der Waals surface area contributed by atoms with E-state index >= 15 is 0 Å². The van der Waals surface area contributed by atoms with Gasteiger partial charge in [0.2, 0.25) is 0 Å². The highest BCUT2D eigenvalue weighted by molar-refractivity contribution is 14.0. The van der Waals surface area contributed by atoms with E-state index in [0.717, 1.165) is 64.6 Å². The molecule has 1 aliphatic heterocycles. The Bertz CT molecular complexity index is 490. The molecule has 1 saturated carbocycles. The van der Waals surface area contributed by atoms with Crippen molar-refractivity contribution in [3.05, 3.63) is 0 Å². The number of ether oxygens (including phenoxy) is 1. The van der Waals surface area contributed by atoms with Crippen LogP contribution in [0.1, 0.15) is 53.9 Å². The van der Waals surface area contributed by atoms with Crippen molar-refractivity contribution in [3.8, 4) is 0 Å². The zero-order chi connectivity index (χ0) is 20.7. The third-order valence-corrected chi connectivity index (χ3v) is 7.26. The summed E-state index contributed by atoms with van der Waals surface area (Å²) < 4.78 is 6.03. The molecule has 0 amide bonds. The number of guanidine groups is 1. The molecule has 3 atom stereocenters. The summed E-state index contributed by atoms with van der Waals surface area (Å²) in [6.07, 6.45) is 3.72. The fraction of sp³-hybridized carbons (Fsp3) is 0.955. The van der Waals surface area contributed by atoms with Crippen molar-refractivity contribution in [2.75, 3.05) is 53.4 Å². The van der Waals surface area contributed by atoms with E-state index in [9.17, 15) is 0 Å². The second-order valence-electron chi connectivity index (χ2n) is 8.92.